The van der Waals surface area contributed by atoms with Crippen molar-refractivity contribution in [3.63, 3.8) is 0 Å². The van der Waals surface area contributed by atoms with Gasteiger partial charge in [0.1, 0.15) is 0 Å². The summed E-state index contributed by atoms with van der Waals surface area (Å²) >= 11 is 0. The van der Waals surface area contributed by atoms with Gasteiger partial charge in [0.15, 0.2) is 6.54 Å². The van der Waals surface area contributed by atoms with Crippen LogP contribution in [0.25, 0.3) is 0 Å². The molecule has 1 unspecified atom stereocenters. The number of hydrogen-bond donors (Lipinski definition) is 1. The van der Waals surface area contributed by atoms with Gasteiger partial charge in [-0.2, -0.15) is 0 Å². The van der Waals surface area contributed by atoms with Crippen LogP contribution < -0.4 is 0 Å². The summed E-state index contributed by atoms with van der Waals surface area (Å²) in [5, 5.41) is 9.16. The zero-order chi connectivity index (χ0) is 16.0. The second-order valence-electron chi connectivity index (χ2n) is 5.63. The summed E-state index contributed by atoms with van der Waals surface area (Å²) in [4.78, 5) is 43.9. The predicted molar refractivity (Wildman–Crippen MR) is 75.7 cm³/mol. The summed E-state index contributed by atoms with van der Waals surface area (Å²) in [6, 6.07) is -1.31. The molecule has 0 saturated carbocycles. The van der Waals surface area contributed by atoms with E-state index in [1.54, 1.807) is 7.05 Å². The average Bonchev–Trinajstić information content (AvgIpc) is 3.10. The maximum absolute atomic E-state index is 12.4. The van der Waals surface area contributed by atoms with Gasteiger partial charge in [0.25, 0.3) is 5.91 Å². The maximum atomic E-state index is 12.4. The fourth-order valence-electron chi connectivity index (χ4n) is 3.06. The molecular weight excluding hydrogens is 290 g/mol. The third-order valence-corrected chi connectivity index (χ3v) is 4.20. The molecule has 0 radical (unpaired) electrons. The summed E-state index contributed by atoms with van der Waals surface area (Å²) < 4.78 is 1.97. The smallest absolute Gasteiger partial charge is 0.392 e. The number of aliphatic carboxylic acids is 1. The van der Waals surface area contributed by atoms with E-state index < -0.39 is 23.9 Å². The number of hydrogen-bond acceptors (Lipinski definition) is 3. The van der Waals surface area contributed by atoms with Crippen molar-refractivity contribution in [2.24, 2.45) is 4.99 Å². The maximum Gasteiger partial charge on any atom is 0.392 e. The number of carboxylic acid groups (broad SMARTS) is 1. The SMILES string of the molecule is CN1C(=O)C2C(=NC(=[N+]3CCCC3)N2CC(=O)O)N(C)C1=O. The van der Waals surface area contributed by atoms with Crippen LogP contribution in [0.3, 0.4) is 0 Å². The number of guanidine groups is 1. The lowest BCUT2D eigenvalue weighted by atomic mass is 10.1. The Morgan fingerprint density at radius 3 is 2.50 bits per heavy atom. The first-order valence-electron chi connectivity index (χ1n) is 7.16. The molecule has 3 rings (SSSR count). The third-order valence-electron chi connectivity index (χ3n) is 4.20. The lowest BCUT2D eigenvalue weighted by molar-refractivity contribution is -0.511. The molecule has 3 aliphatic rings. The highest BCUT2D eigenvalue weighted by atomic mass is 16.4. The van der Waals surface area contributed by atoms with Crippen LogP contribution >= 0.6 is 0 Å². The summed E-state index contributed by atoms with van der Waals surface area (Å²) in [6.45, 7) is 1.22. The van der Waals surface area contributed by atoms with Crippen LogP contribution in [0.1, 0.15) is 12.8 Å². The van der Waals surface area contributed by atoms with Gasteiger partial charge >= 0.3 is 18.0 Å². The number of carbonyl (C=O) groups excluding carboxylic acids is 2. The highest BCUT2D eigenvalue weighted by Gasteiger charge is 2.55. The van der Waals surface area contributed by atoms with Gasteiger partial charge in [0, 0.05) is 14.1 Å². The van der Waals surface area contributed by atoms with Crippen LogP contribution in [0.2, 0.25) is 0 Å². The minimum atomic E-state index is -1.04. The monoisotopic (exact) mass is 308 g/mol. The molecule has 3 heterocycles. The van der Waals surface area contributed by atoms with Crippen LogP contribution in [-0.2, 0) is 9.59 Å². The first-order valence-corrected chi connectivity index (χ1v) is 7.16. The Morgan fingerprint density at radius 1 is 1.27 bits per heavy atom. The number of carboxylic acids is 1. The predicted octanol–water partition coefficient (Wildman–Crippen LogP) is -1.16. The Labute approximate surface area is 127 Å². The zero-order valence-electron chi connectivity index (χ0n) is 12.5. The summed E-state index contributed by atoms with van der Waals surface area (Å²) in [6.07, 6.45) is 2.01. The Hall–Kier alpha value is -2.45. The van der Waals surface area contributed by atoms with Crippen LogP contribution in [0.4, 0.5) is 4.79 Å². The lowest BCUT2D eigenvalue weighted by Crippen LogP contribution is -2.63. The quantitative estimate of drug-likeness (QED) is 0.649. The van der Waals surface area contributed by atoms with Crippen LogP contribution in [0.15, 0.2) is 4.99 Å². The molecule has 2 saturated heterocycles. The number of amides is 3. The Bertz CT molecular complexity index is 618. The lowest BCUT2D eigenvalue weighted by Gasteiger charge is -2.32. The van der Waals surface area contributed by atoms with E-state index in [1.165, 1.54) is 16.8 Å². The molecule has 0 aromatic rings. The number of fused-ring (bicyclic) bond motifs is 1. The number of carbonyl (C=O) groups is 3. The molecule has 3 aliphatic heterocycles. The minimum Gasteiger partial charge on any atom is -0.479 e. The van der Waals surface area contributed by atoms with Crippen molar-refractivity contribution >= 4 is 29.7 Å². The summed E-state index contributed by atoms with van der Waals surface area (Å²) in [7, 11) is 2.94. The molecule has 1 N–H and O–H groups in total. The fourth-order valence-corrected chi connectivity index (χ4v) is 3.06. The number of urea groups is 1. The normalized spacial score (nSPS) is 25.1. The Morgan fingerprint density at radius 2 is 1.91 bits per heavy atom. The molecule has 2 fully saturated rings. The van der Waals surface area contributed by atoms with Gasteiger partial charge in [-0.3, -0.25) is 19.2 Å². The van der Waals surface area contributed by atoms with Crippen molar-refractivity contribution in [2.75, 3.05) is 33.7 Å². The molecule has 0 bridgehead atoms. The van der Waals surface area contributed by atoms with E-state index in [0.29, 0.717) is 11.8 Å². The first kappa shape index (κ1) is 14.5. The average molecular weight is 308 g/mol. The molecule has 9 nitrogen and oxygen atoms in total. The van der Waals surface area contributed by atoms with Gasteiger partial charge in [-0.05, 0) is 12.8 Å². The Kier molecular flexibility index (Phi) is 3.34. The number of rotatable bonds is 2. The van der Waals surface area contributed by atoms with Crippen LogP contribution in [0, 0.1) is 0 Å². The fraction of sp³-hybridized carbons (Fsp3) is 0.615. The van der Waals surface area contributed by atoms with Crippen molar-refractivity contribution < 1.29 is 24.1 Å². The number of amidine groups is 1. The standard InChI is InChI=1S/C13H17N5O4/c1-15-10-9(11(21)16(2)13(15)22)18(7-8(19)20)12(14-10)17-5-3-4-6-17/h9H,3-7H2,1-2H3/p+1. The second-order valence-corrected chi connectivity index (χ2v) is 5.63. The third kappa shape index (κ3) is 2.04. The second kappa shape index (κ2) is 5.08. The number of aliphatic imine (C=N–C) groups is 1. The topological polar surface area (TPSA) is 96.5 Å². The van der Waals surface area contributed by atoms with Crippen LogP contribution in [0.5, 0.6) is 0 Å². The number of imide groups is 1. The summed E-state index contributed by atoms with van der Waals surface area (Å²) in [5.74, 6) is -0.708. The molecule has 1 atom stereocenters. The van der Waals surface area contributed by atoms with Crippen molar-refractivity contribution in [3.8, 4) is 0 Å². The Balaban J connectivity index is 2.07. The van der Waals surface area contributed by atoms with Crippen molar-refractivity contribution in [1.82, 2.24) is 14.7 Å². The molecule has 0 aromatic carbocycles. The van der Waals surface area contributed by atoms with E-state index in [-0.39, 0.29) is 6.54 Å². The van der Waals surface area contributed by atoms with E-state index >= 15 is 0 Å². The molecule has 0 aliphatic carbocycles. The molecule has 0 aromatic heterocycles. The number of likely N-dealkylation sites (N-methyl/N-ethyl adjacent to an activating group) is 2. The van der Waals surface area contributed by atoms with E-state index in [0.717, 1.165) is 30.8 Å². The van der Waals surface area contributed by atoms with E-state index in [9.17, 15) is 14.4 Å². The zero-order valence-corrected chi connectivity index (χ0v) is 12.5. The van der Waals surface area contributed by atoms with Crippen molar-refractivity contribution in [2.45, 2.75) is 18.9 Å². The summed E-state index contributed by atoms with van der Waals surface area (Å²) in [5.41, 5.74) is 0. The number of nitrogens with zero attached hydrogens (tertiary/aromatic N) is 5. The molecule has 9 heteroatoms. The molecular formula is C13H18N5O4+. The van der Waals surface area contributed by atoms with E-state index in [4.69, 9.17) is 5.11 Å². The molecule has 118 valence electrons. The van der Waals surface area contributed by atoms with E-state index in [2.05, 4.69) is 4.99 Å². The van der Waals surface area contributed by atoms with Gasteiger partial charge in [-0.1, -0.05) is 4.99 Å². The van der Waals surface area contributed by atoms with Crippen LogP contribution in [-0.4, -0.2) is 93.9 Å². The van der Waals surface area contributed by atoms with Crippen molar-refractivity contribution in [3.05, 3.63) is 0 Å². The van der Waals surface area contributed by atoms with Gasteiger partial charge in [-0.25, -0.2) is 14.5 Å². The highest BCUT2D eigenvalue weighted by Crippen LogP contribution is 2.23. The largest absolute Gasteiger partial charge is 0.479 e. The molecule has 0 spiro atoms. The highest BCUT2D eigenvalue weighted by molar-refractivity contribution is 6.25. The van der Waals surface area contributed by atoms with Gasteiger partial charge < -0.3 is 5.11 Å². The van der Waals surface area contributed by atoms with Gasteiger partial charge in [0.05, 0.1) is 13.1 Å². The molecule has 22 heavy (non-hydrogen) atoms. The van der Waals surface area contributed by atoms with Gasteiger partial charge in [0.2, 0.25) is 11.9 Å². The van der Waals surface area contributed by atoms with E-state index in [1.807, 2.05) is 4.58 Å². The first-order chi connectivity index (χ1) is 10.4. The van der Waals surface area contributed by atoms with Gasteiger partial charge in [-0.15, -0.1) is 0 Å². The minimum absolute atomic E-state index is 0.302. The molecule has 3 amide bonds. The van der Waals surface area contributed by atoms with Crippen molar-refractivity contribution in [1.29, 1.82) is 0 Å².